The van der Waals surface area contributed by atoms with Crippen molar-refractivity contribution in [1.29, 1.82) is 0 Å². The summed E-state index contributed by atoms with van der Waals surface area (Å²) in [5.74, 6) is 1.61. The zero-order chi connectivity index (χ0) is 10.8. The normalized spacial score (nSPS) is 16.6. The molecule has 0 aliphatic heterocycles. The summed E-state index contributed by atoms with van der Waals surface area (Å²) in [6.07, 6.45) is 6.17. The zero-order valence-corrected chi connectivity index (χ0v) is 9.71. The largest absolute Gasteiger partial charge is 0.501 e. The lowest BCUT2D eigenvalue weighted by molar-refractivity contribution is 0.274. The highest BCUT2D eigenvalue weighted by Crippen LogP contribution is 2.37. The van der Waals surface area contributed by atoms with E-state index in [-0.39, 0.29) is 0 Å². The summed E-state index contributed by atoms with van der Waals surface area (Å²) in [6, 6.07) is 1.80. The second kappa shape index (κ2) is 4.23. The van der Waals surface area contributed by atoms with Crippen molar-refractivity contribution in [2.45, 2.75) is 19.8 Å². The van der Waals surface area contributed by atoms with Crippen molar-refractivity contribution in [3.8, 4) is 0 Å². The Morgan fingerprint density at radius 2 is 2.33 bits per heavy atom. The van der Waals surface area contributed by atoms with Gasteiger partial charge in [0.15, 0.2) is 0 Å². The van der Waals surface area contributed by atoms with Crippen molar-refractivity contribution < 1.29 is 4.74 Å². The van der Waals surface area contributed by atoms with Crippen LogP contribution in [0.3, 0.4) is 0 Å². The van der Waals surface area contributed by atoms with Crippen LogP contribution in [0.5, 0.6) is 0 Å². The van der Waals surface area contributed by atoms with Crippen molar-refractivity contribution in [2.24, 2.45) is 5.92 Å². The Morgan fingerprint density at radius 1 is 1.60 bits per heavy atom. The molecule has 15 heavy (non-hydrogen) atoms. The van der Waals surface area contributed by atoms with Crippen molar-refractivity contribution >= 4 is 17.7 Å². The lowest BCUT2D eigenvalue weighted by Gasteiger charge is -2.06. The van der Waals surface area contributed by atoms with Gasteiger partial charge in [0.25, 0.3) is 0 Å². The Morgan fingerprint density at radius 3 is 2.93 bits per heavy atom. The number of hydrogen-bond acceptors (Lipinski definition) is 2. The summed E-state index contributed by atoms with van der Waals surface area (Å²) >= 11 is 6.03. The third-order valence-electron chi connectivity index (χ3n) is 2.67. The molecule has 80 valence electrons. The van der Waals surface area contributed by atoms with Gasteiger partial charge < -0.3 is 4.74 Å². The van der Waals surface area contributed by atoms with E-state index in [1.807, 2.05) is 13.0 Å². The van der Waals surface area contributed by atoms with Gasteiger partial charge in [0.1, 0.15) is 5.76 Å². The molecule has 0 aromatic carbocycles. The quantitative estimate of drug-likeness (QED) is 0.733. The molecule has 1 fully saturated rings. The summed E-state index contributed by atoms with van der Waals surface area (Å²) in [5.41, 5.74) is 1.92. The lowest BCUT2D eigenvalue weighted by Crippen LogP contribution is -1.93. The van der Waals surface area contributed by atoms with Gasteiger partial charge in [-0.15, -0.1) is 0 Å². The second-order valence-electron chi connectivity index (χ2n) is 3.83. The van der Waals surface area contributed by atoms with Crippen LogP contribution in [0.15, 0.2) is 18.0 Å². The highest BCUT2D eigenvalue weighted by atomic mass is 35.5. The minimum absolute atomic E-state index is 0.593. The molecule has 0 atom stereocenters. The number of ether oxygens (including phenoxy) is 1. The molecule has 1 aromatic heterocycles. The van der Waals surface area contributed by atoms with Gasteiger partial charge in [0.2, 0.25) is 0 Å². The Balaban J connectivity index is 2.32. The molecule has 0 amide bonds. The first-order valence-electron chi connectivity index (χ1n) is 5.09. The van der Waals surface area contributed by atoms with Crippen LogP contribution in [0.2, 0.25) is 5.02 Å². The molecule has 1 heterocycles. The predicted octanol–water partition coefficient (Wildman–Crippen LogP) is 3.44. The van der Waals surface area contributed by atoms with Gasteiger partial charge in [0, 0.05) is 23.2 Å². The fourth-order valence-electron chi connectivity index (χ4n) is 1.52. The van der Waals surface area contributed by atoms with Crippen LogP contribution in [-0.2, 0) is 4.74 Å². The standard InChI is InChI=1S/C12H14ClNO/c1-8-10(13)5-6-14-11(8)7-12(15-2)9-3-4-9/h5-7,9H,3-4H2,1-2H3. The number of pyridine rings is 1. The molecule has 0 unspecified atom stereocenters. The second-order valence-corrected chi connectivity index (χ2v) is 4.24. The molecule has 0 saturated heterocycles. The molecule has 2 nitrogen and oxygen atoms in total. The molecule has 3 heteroatoms. The van der Waals surface area contributed by atoms with E-state index in [0.29, 0.717) is 5.92 Å². The minimum Gasteiger partial charge on any atom is -0.501 e. The average Bonchev–Trinajstić information content (AvgIpc) is 3.04. The van der Waals surface area contributed by atoms with E-state index >= 15 is 0 Å². The van der Waals surface area contributed by atoms with Gasteiger partial charge >= 0.3 is 0 Å². The number of nitrogens with zero attached hydrogens (tertiary/aromatic N) is 1. The first kappa shape index (κ1) is 10.5. The first-order chi connectivity index (χ1) is 7.22. The maximum atomic E-state index is 6.03. The molecule has 1 aromatic rings. The smallest absolute Gasteiger partial charge is 0.101 e. The topological polar surface area (TPSA) is 22.1 Å². The number of aromatic nitrogens is 1. The van der Waals surface area contributed by atoms with Crippen molar-refractivity contribution in [3.05, 3.63) is 34.3 Å². The van der Waals surface area contributed by atoms with Crippen LogP contribution in [0, 0.1) is 12.8 Å². The van der Waals surface area contributed by atoms with Crippen molar-refractivity contribution in [1.82, 2.24) is 4.98 Å². The van der Waals surface area contributed by atoms with Gasteiger partial charge in [-0.2, -0.15) is 0 Å². The zero-order valence-electron chi connectivity index (χ0n) is 8.96. The number of methoxy groups -OCH3 is 1. The van der Waals surface area contributed by atoms with E-state index in [1.165, 1.54) is 12.8 Å². The Kier molecular flexibility index (Phi) is 2.96. The van der Waals surface area contributed by atoms with Crippen LogP contribution in [0.25, 0.3) is 6.08 Å². The monoisotopic (exact) mass is 223 g/mol. The summed E-state index contributed by atoms with van der Waals surface area (Å²) in [4.78, 5) is 4.30. The van der Waals surface area contributed by atoms with Gasteiger partial charge in [-0.1, -0.05) is 11.6 Å². The molecule has 0 bridgehead atoms. The predicted molar refractivity (Wildman–Crippen MR) is 61.7 cm³/mol. The summed E-state index contributed by atoms with van der Waals surface area (Å²) in [6.45, 7) is 1.97. The first-order valence-corrected chi connectivity index (χ1v) is 5.47. The Bertz CT molecular complexity index is 397. The molecule has 0 radical (unpaired) electrons. The fraction of sp³-hybridized carbons (Fsp3) is 0.417. The number of hydrogen-bond donors (Lipinski definition) is 0. The van der Waals surface area contributed by atoms with Gasteiger partial charge in [-0.25, -0.2) is 0 Å². The lowest BCUT2D eigenvalue weighted by atomic mass is 10.2. The van der Waals surface area contributed by atoms with Crippen LogP contribution < -0.4 is 0 Å². The Hall–Kier alpha value is -1.02. The molecule has 1 aliphatic carbocycles. The summed E-state index contributed by atoms with van der Waals surface area (Å²) < 4.78 is 5.35. The van der Waals surface area contributed by atoms with E-state index in [4.69, 9.17) is 16.3 Å². The van der Waals surface area contributed by atoms with Crippen molar-refractivity contribution in [3.63, 3.8) is 0 Å². The minimum atomic E-state index is 0.593. The van der Waals surface area contributed by atoms with Gasteiger partial charge in [-0.3, -0.25) is 4.98 Å². The molecular formula is C12H14ClNO. The van der Waals surface area contributed by atoms with Crippen LogP contribution >= 0.6 is 11.6 Å². The van der Waals surface area contributed by atoms with Gasteiger partial charge in [0.05, 0.1) is 12.8 Å². The van der Waals surface area contributed by atoms with E-state index < -0.39 is 0 Å². The molecule has 1 aliphatic rings. The Labute approximate surface area is 94.9 Å². The van der Waals surface area contributed by atoms with Gasteiger partial charge in [-0.05, 0) is 31.4 Å². The highest BCUT2D eigenvalue weighted by molar-refractivity contribution is 6.31. The molecule has 0 N–H and O–H groups in total. The maximum absolute atomic E-state index is 6.03. The van der Waals surface area contributed by atoms with Crippen LogP contribution in [0.1, 0.15) is 24.1 Å². The van der Waals surface area contributed by atoms with Crippen LogP contribution in [-0.4, -0.2) is 12.1 Å². The van der Waals surface area contributed by atoms with Crippen molar-refractivity contribution in [2.75, 3.05) is 7.11 Å². The van der Waals surface area contributed by atoms with E-state index in [2.05, 4.69) is 4.98 Å². The maximum Gasteiger partial charge on any atom is 0.101 e. The SMILES string of the molecule is COC(=Cc1nccc(Cl)c1C)C1CC1. The van der Waals surface area contributed by atoms with E-state index in [0.717, 1.165) is 22.0 Å². The number of halogens is 1. The van der Waals surface area contributed by atoms with E-state index in [1.54, 1.807) is 19.4 Å². The fourth-order valence-corrected chi connectivity index (χ4v) is 1.67. The third-order valence-corrected chi connectivity index (χ3v) is 3.08. The third kappa shape index (κ3) is 2.32. The van der Waals surface area contributed by atoms with Crippen LogP contribution in [0.4, 0.5) is 0 Å². The highest BCUT2D eigenvalue weighted by Gasteiger charge is 2.27. The van der Waals surface area contributed by atoms with E-state index in [9.17, 15) is 0 Å². The summed E-state index contributed by atoms with van der Waals surface area (Å²) in [7, 11) is 1.71. The molecule has 1 saturated carbocycles. The molecular weight excluding hydrogens is 210 g/mol. The average molecular weight is 224 g/mol. The summed E-state index contributed by atoms with van der Waals surface area (Å²) in [5, 5.41) is 0.752. The molecule has 2 rings (SSSR count). The molecule has 0 spiro atoms. The number of rotatable bonds is 3. The number of allylic oxidation sites excluding steroid dienone is 1.